The predicted octanol–water partition coefficient (Wildman–Crippen LogP) is 7.18. The van der Waals surface area contributed by atoms with Crippen molar-refractivity contribution in [3.05, 3.63) is 81.6 Å². The van der Waals surface area contributed by atoms with E-state index in [1.54, 1.807) is 7.11 Å². The second-order valence-electron chi connectivity index (χ2n) is 9.51. The molecule has 1 aliphatic rings. The van der Waals surface area contributed by atoms with Gasteiger partial charge >= 0.3 is 0 Å². The van der Waals surface area contributed by atoms with Crippen LogP contribution < -0.4 is 9.47 Å². The number of amides is 1. The van der Waals surface area contributed by atoms with E-state index in [1.165, 1.54) is 0 Å². The third kappa shape index (κ3) is 4.85. The molecule has 4 aromatic rings. The molecule has 0 saturated carbocycles. The lowest BCUT2D eigenvalue weighted by atomic mass is 9.96. The van der Waals surface area contributed by atoms with Crippen molar-refractivity contribution < 1.29 is 14.3 Å². The zero-order chi connectivity index (χ0) is 26.1. The molecule has 1 aromatic heterocycles. The molecule has 1 atom stereocenters. The summed E-state index contributed by atoms with van der Waals surface area (Å²) in [5.74, 6) is 2.54. The van der Waals surface area contributed by atoms with Crippen LogP contribution in [-0.4, -0.2) is 40.6 Å². The molecule has 7 heteroatoms. The largest absolute Gasteiger partial charge is 0.497 e. The van der Waals surface area contributed by atoms with Gasteiger partial charge < -0.3 is 14.4 Å². The Bertz CT molecular complexity index is 1420. The zero-order valence-electron chi connectivity index (χ0n) is 21.8. The first-order chi connectivity index (χ1) is 17.9. The molecule has 1 aliphatic heterocycles. The fourth-order valence-electron chi connectivity index (χ4n) is 5.40. The minimum Gasteiger partial charge on any atom is -0.497 e. The van der Waals surface area contributed by atoms with E-state index >= 15 is 0 Å². The Morgan fingerprint density at radius 3 is 2.43 bits per heavy atom. The second kappa shape index (κ2) is 10.6. The van der Waals surface area contributed by atoms with E-state index in [0.29, 0.717) is 13.2 Å². The van der Waals surface area contributed by atoms with E-state index in [9.17, 15) is 4.79 Å². The van der Waals surface area contributed by atoms with Gasteiger partial charge in [-0.25, -0.2) is 4.98 Å². The van der Waals surface area contributed by atoms with Gasteiger partial charge in [0.15, 0.2) is 0 Å². The summed E-state index contributed by atoms with van der Waals surface area (Å²) in [5.41, 5.74) is 5.52. The number of nitrogens with zero attached hydrogens (tertiary/aromatic N) is 3. The normalized spacial score (nSPS) is 15.7. The Morgan fingerprint density at radius 1 is 1.03 bits per heavy atom. The number of ether oxygens (including phenoxy) is 2. The number of carbonyl (C=O) groups excluding carboxylic acids is 1. The van der Waals surface area contributed by atoms with E-state index in [0.717, 1.165) is 74.5 Å². The van der Waals surface area contributed by atoms with Crippen LogP contribution in [0.1, 0.15) is 59.5 Å². The molecule has 0 spiro atoms. The summed E-state index contributed by atoms with van der Waals surface area (Å²) in [5, 5.41) is 0. The molecule has 3 aromatic carbocycles. The van der Waals surface area contributed by atoms with Crippen LogP contribution in [0.5, 0.6) is 11.5 Å². The fourth-order valence-corrected chi connectivity index (χ4v) is 5.75. The SMILES string of the molecule is CCOc1cc(C)c(C(=O)N2CCCCC2c2nc3cc(Br)ccc3n2-c2ccc(OC)cc2)c(C)c1. The lowest BCUT2D eigenvalue weighted by Gasteiger charge is -2.36. The number of methoxy groups -OCH3 is 1. The number of imidazole rings is 1. The number of aromatic nitrogens is 2. The topological polar surface area (TPSA) is 56.6 Å². The van der Waals surface area contributed by atoms with Crippen molar-refractivity contribution in [2.24, 2.45) is 0 Å². The third-order valence-corrected chi connectivity index (χ3v) is 7.56. The van der Waals surface area contributed by atoms with Crippen LogP contribution in [0.3, 0.4) is 0 Å². The Kier molecular flexibility index (Phi) is 7.24. The number of rotatable bonds is 6. The van der Waals surface area contributed by atoms with Crippen molar-refractivity contribution >= 4 is 32.9 Å². The predicted molar refractivity (Wildman–Crippen MR) is 150 cm³/mol. The molecular weight excluding hydrogens is 530 g/mol. The second-order valence-corrected chi connectivity index (χ2v) is 10.4. The van der Waals surface area contributed by atoms with Gasteiger partial charge in [-0.15, -0.1) is 0 Å². The molecule has 6 nitrogen and oxygen atoms in total. The Hall–Kier alpha value is -3.32. The Morgan fingerprint density at radius 2 is 1.76 bits per heavy atom. The van der Waals surface area contributed by atoms with Crippen molar-refractivity contribution in [3.8, 4) is 17.2 Å². The van der Waals surface area contributed by atoms with Crippen molar-refractivity contribution in [2.75, 3.05) is 20.3 Å². The lowest BCUT2D eigenvalue weighted by Crippen LogP contribution is -2.40. The molecular formula is C30H32BrN3O3. The first-order valence-electron chi connectivity index (χ1n) is 12.8. The summed E-state index contributed by atoms with van der Waals surface area (Å²) in [4.78, 5) is 21.3. The van der Waals surface area contributed by atoms with Crippen LogP contribution in [0.25, 0.3) is 16.7 Å². The first-order valence-corrected chi connectivity index (χ1v) is 13.6. The van der Waals surface area contributed by atoms with E-state index in [2.05, 4.69) is 26.6 Å². The average molecular weight is 563 g/mol. The molecule has 1 fully saturated rings. The van der Waals surface area contributed by atoms with Crippen molar-refractivity contribution in [2.45, 2.75) is 46.1 Å². The van der Waals surface area contributed by atoms with E-state index < -0.39 is 0 Å². The number of hydrogen-bond acceptors (Lipinski definition) is 4. The van der Waals surface area contributed by atoms with E-state index in [1.807, 2.05) is 74.2 Å². The molecule has 192 valence electrons. The zero-order valence-corrected chi connectivity index (χ0v) is 23.3. The minimum absolute atomic E-state index is 0.0530. The van der Waals surface area contributed by atoms with Gasteiger partial charge in [0.05, 0.1) is 30.8 Å². The van der Waals surface area contributed by atoms with Gasteiger partial charge in [0.25, 0.3) is 5.91 Å². The van der Waals surface area contributed by atoms with Crippen molar-refractivity contribution in [3.63, 3.8) is 0 Å². The monoisotopic (exact) mass is 561 g/mol. The maximum atomic E-state index is 14.1. The van der Waals surface area contributed by atoms with Crippen LogP contribution in [0, 0.1) is 13.8 Å². The number of aryl methyl sites for hydroxylation is 2. The average Bonchev–Trinajstić information content (AvgIpc) is 3.26. The van der Waals surface area contributed by atoms with Crippen molar-refractivity contribution in [1.29, 1.82) is 0 Å². The fraction of sp³-hybridized carbons (Fsp3) is 0.333. The molecule has 5 rings (SSSR count). The Balaban J connectivity index is 1.62. The van der Waals surface area contributed by atoms with Crippen molar-refractivity contribution in [1.82, 2.24) is 14.5 Å². The highest BCUT2D eigenvalue weighted by molar-refractivity contribution is 9.10. The number of hydrogen-bond donors (Lipinski definition) is 0. The van der Waals surface area contributed by atoms with Gasteiger partial charge in [0.2, 0.25) is 0 Å². The summed E-state index contributed by atoms with van der Waals surface area (Å²) in [6, 6.07) is 17.9. The number of benzene rings is 3. The highest BCUT2D eigenvalue weighted by Gasteiger charge is 2.34. The third-order valence-electron chi connectivity index (χ3n) is 7.07. The lowest BCUT2D eigenvalue weighted by molar-refractivity contribution is 0.0597. The van der Waals surface area contributed by atoms with Gasteiger partial charge in [-0.3, -0.25) is 9.36 Å². The van der Waals surface area contributed by atoms with Crippen LogP contribution in [0.15, 0.2) is 59.1 Å². The smallest absolute Gasteiger partial charge is 0.255 e. The number of halogens is 1. The van der Waals surface area contributed by atoms with Crippen LogP contribution in [0.4, 0.5) is 0 Å². The molecule has 1 unspecified atom stereocenters. The van der Waals surface area contributed by atoms with E-state index in [-0.39, 0.29) is 11.9 Å². The summed E-state index contributed by atoms with van der Waals surface area (Å²) >= 11 is 3.60. The number of carbonyl (C=O) groups is 1. The first kappa shape index (κ1) is 25.3. The highest BCUT2D eigenvalue weighted by Crippen LogP contribution is 2.37. The summed E-state index contributed by atoms with van der Waals surface area (Å²) in [6.45, 7) is 7.25. The molecule has 0 radical (unpaired) electrons. The van der Waals surface area contributed by atoms with Gasteiger partial charge in [-0.05, 0) is 106 Å². The minimum atomic E-state index is -0.139. The Labute approximate surface area is 226 Å². The highest BCUT2D eigenvalue weighted by atomic mass is 79.9. The number of likely N-dealkylation sites (tertiary alicyclic amines) is 1. The van der Waals surface area contributed by atoms with Crippen LogP contribution in [0.2, 0.25) is 0 Å². The van der Waals surface area contributed by atoms with Gasteiger partial charge in [-0.1, -0.05) is 15.9 Å². The molecule has 0 bridgehead atoms. The standard InChI is InChI=1S/C30H32BrN3O3/c1-5-37-24-16-19(2)28(20(3)17-24)30(35)33-15-7-6-8-27(33)29-32-25-18-21(31)9-14-26(25)34(29)22-10-12-23(36-4)13-11-22/h9-14,16-18,27H,5-8,15H2,1-4H3. The maximum absolute atomic E-state index is 14.1. The van der Waals surface area contributed by atoms with Crippen LogP contribution >= 0.6 is 15.9 Å². The number of piperidine rings is 1. The number of fused-ring (bicyclic) bond motifs is 1. The molecule has 2 heterocycles. The van der Waals surface area contributed by atoms with Gasteiger partial charge in [0.1, 0.15) is 17.3 Å². The molecule has 1 saturated heterocycles. The maximum Gasteiger partial charge on any atom is 0.255 e. The van der Waals surface area contributed by atoms with Gasteiger partial charge in [-0.2, -0.15) is 0 Å². The summed E-state index contributed by atoms with van der Waals surface area (Å²) < 4.78 is 14.3. The summed E-state index contributed by atoms with van der Waals surface area (Å²) in [6.07, 6.45) is 2.89. The molecule has 0 aliphatic carbocycles. The molecule has 1 amide bonds. The summed E-state index contributed by atoms with van der Waals surface area (Å²) in [7, 11) is 1.67. The quantitative estimate of drug-likeness (QED) is 0.250. The molecule has 37 heavy (non-hydrogen) atoms. The van der Waals surface area contributed by atoms with E-state index in [4.69, 9.17) is 14.5 Å². The van der Waals surface area contributed by atoms with Gasteiger partial charge in [0, 0.05) is 22.3 Å². The molecule has 0 N–H and O–H groups in total. The van der Waals surface area contributed by atoms with Crippen LogP contribution in [-0.2, 0) is 0 Å².